The summed E-state index contributed by atoms with van der Waals surface area (Å²) in [7, 11) is 0. The van der Waals surface area contributed by atoms with Gasteiger partial charge in [-0.3, -0.25) is 0 Å². The van der Waals surface area contributed by atoms with E-state index in [2.05, 4.69) is 37.3 Å². The number of anilines is 2. The Morgan fingerprint density at radius 2 is 2.24 bits per heavy atom. The first-order valence-corrected chi connectivity index (χ1v) is 6.89. The van der Waals surface area contributed by atoms with Crippen LogP contribution < -0.4 is 11.1 Å². The Balaban J connectivity index is 2.11. The number of halogens is 1. The quantitative estimate of drug-likeness (QED) is 0.910. The van der Waals surface area contributed by atoms with Crippen molar-refractivity contribution in [2.75, 3.05) is 11.1 Å². The summed E-state index contributed by atoms with van der Waals surface area (Å²) in [5, 5.41) is 3.29. The predicted octanol–water partition coefficient (Wildman–Crippen LogP) is 3.06. The van der Waals surface area contributed by atoms with E-state index in [9.17, 15) is 0 Å². The molecule has 0 bridgehead atoms. The van der Waals surface area contributed by atoms with Gasteiger partial charge < -0.3 is 11.1 Å². The second-order valence-corrected chi connectivity index (χ2v) is 6.05. The maximum Gasteiger partial charge on any atom is 0.134 e. The number of aromatic nitrogens is 2. The number of nitrogens with zero attached hydrogens (tertiary/aromatic N) is 2. The molecular formula is C11H13BrN4S. The van der Waals surface area contributed by atoms with Crippen molar-refractivity contribution in [3.05, 3.63) is 32.7 Å². The molecule has 17 heavy (non-hydrogen) atoms. The summed E-state index contributed by atoms with van der Waals surface area (Å²) in [6.07, 6.45) is 2.31. The van der Waals surface area contributed by atoms with Crippen LogP contribution in [0.5, 0.6) is 0 Å². The van der Waals surface area contributed by atoms with Crippen molar-refractivity contribution in [2.24, 2.45) is 0 Å². The molecule has 0 fully saturated rings. The van der Waals surface area contributed by atoms with E-state index in [0.717, 1.165) is 28.1 Å². The number of rotatable bonds is 4. The average Bonchev–Trinajstić information content (AvgIpc) is 2.72. The van der Waals surface area contributed by atoms with Crippen molar-refractivity contribution < 1.29 is 0 Å². The normalized spacial score (nSPS) is 10.5. The zero-order chi connectivity index (χ0) is 12.3. The molecule has 2 aromatic heterocycles. The molecule has 4 nitrogen and oxygen atoms in total. The maximum atomic E-state index is 5.81. The Kier molecular flexibility index (Phi) is 3.96. The monoisotopic (exact) mass is 312 g/mol. The lowest BCUT2D eigenvalue weighted by molar-refractivity contribution is 1.03. The van der Waals surface area contributed by atoms with Crippen molar-refractivity contribution >= 4 is 38.9 Å². The minimum Gasteiger partial charge on any atom is -0.383 e. The maximum absolute atomic E-state index is 5.81. The highest BCUT2D eigenvalue weighted by Crippen LogP contribution is 2.24. The molecule has 0 aliphatic rings. The largest absolute Gasteiger partial charge is 0.383 e. The zero-order valence-corrected chi connectivity index (χ0v) is 11.8. The molecule has 0 amide bonds. The molecular weight excluding hydrogens is 300 g/mol. The smallest absolute Gasteiger partial charge is 0.134 e. The van der Waals surface area contributed by atoms with Crippen LogP contribution in [0.3, 0.4) is 0 Å². The van der Waals surface area contributed by atoms with E-state index in [1.165, 1.54) is 11.2 Å². The Hall–Kier alpha value is -1.14. The van der Waals surface area contributed by atoms with Crippen LogP contribution in [-0.2, 0) is 13.0 Å². The number of hydrogen-bond acceptors (Lipinski definition) is 5. The molecule has 0 spiro atoms. The standard InChI is InChI=1S/C11H13BrN4S/c1-2-8-10(13)15-6-16-11(8)14-5-7-3-4-9(12)17-7/h3-4,6H,2,5H2,1H3,(H3,13,14,15,16). The Morgan fingerprint density at radius 1 is 1.41 bits per heavy atom. The SMILES string of the molecule is CCc1c(N)ncnc1NCc1ccc(Br)s1. The number of nitrogens with one attached hydrogen (secondary N) is 1. The zero-order valence-electron chi connectivity index (χ0n) is 9.40. The molecule has 0 aromatic carbocycles. The summed E-state index contributed by atoms with van der Waals surface area (Å²) in [6.45, 7) is 2.79. The third-order valence-electron chi connectivity index (χ3n) is 2.39. The second kappa shape index (κ2) is 5.46. The van der Waals surface area contributed by atoms with Crippen molar-refractivity contribution in [3.8, 4) is 0 Å². The van der Waals surface area contributed by atoms with E-state index < -0.39 is 0 Å². The van der Waals surface area contributed by atoms with Gasteiger partial charge in [0.1, 0.15) is 18.0 Å². The highest BCUT2D eigenvalue weighted by Gasteiger charge is 2.07. The van der Waals surface area contributed by atoms with Gasteiger partial charge in [-0.2, -0.15) is 0 Å². The van der Waals surface area contributed by atoms with Crippen molar-refractivity contribution in [2.45, 2.75) is 19.9 Å². The van der Waals surface area contributed by atoms with Gasteiger partial charge in [0.2, 0.25) is 0 Å². The summed E-state index contributed by atoms with van der Waals surface area (Å²) >= 11 is 5.15. The van der Waals surface area contributed by atoms with Crippen LogP contribution >= 0.6 is 27.3 Å². The van der Waals surface area contributed by atoms with E-state index in [4.69, 9.17) is 5.73 Å². The lowest BCUT2D eigenvalue weighted by Crippen LogP contribution is -2.07. The van der Waals surface area contributed by atoms with E-state index in [0.29, 0.717) is 5.82 Å². The third-order valence-corrected chi connectivity index (χ3v) is 4.01. The summed E-state index contributed by atoms with van der Waals surface area (Å²) < 4.78 is 1.13. The molecule has 2 rings (SSSR count). The van der Waals surface area contributed by atoms with Crippen LogP contribution in [0.25, 0.3) is 0 Å². The lowest BCUT2D eigenvalue weighted by atomic mass is 10.2. The predicted molar refractivity (Wildman–Crippen MR) is 75.2 cm³/mol. The van der Waals surface area contributed by atoms with Gasteiger partial charge in [-0.1, -0.05) is 6.92 Å². The molecule has 0 radical (unpaired) electrons. The molecule has 0 aliphatic carbocycles. The lowest BCUT2D eigenvalue weighted by Gasteiger charge is -2.09. The fourth-order valence-electron chi connectivity index (χ4n) is 1.54. The van der Waals surface area contributed by atoms with Gasteiger partial charge in [-0.25, -0.2) is 9.97 Å². The minimum atomic E-state index is 0.553. The van der Waals surface area contributed by atoms with Crippen LogP contribution in [0.1, 0.15) is 17.4 Å². The van der Waals surface area contributed by atoms with Gasteiger partial charge in [0.15, 0.2) is 0 Å². The van der Waals surface area contributed by atoms with Crippen LogP contribution in [0, 0.1) is 0 Å². The fraction of sp³-hybridized carbons (Fsp3) is 0.273. The van der Waals surface area contributed by atoms with Crippen molar-refractivity contribution in [3.63, 3.8) is 0 Å². The summed E-state index contributed by atoms with van der Waals surface area (Å²) in [5.41, 5.74) is 6.78. The van der Waals surface area contributed by atoms with Crippen molar-refractivity contribution in [1.82, 2.24) is 9.97 Å². The highest BCUT2D eigenvalue weighted by molar-refractivity contribution is 9.11. The van der Waals surface area contributed by atoms with Gasteiger partial charge >= 0.3 is 0 Å². The molecule has 0 aliphatic heterocycles. The first-order chi connectivity index (χ1) is 8.20. The summed E-state index contributed by atoms with van der Waals surface area (Å²) in [6, 6.07) is 4.12. The minimum absolute atomic E-state index is 0.553. The number of hydrogen-bond donors (Lipinski definition) is 2. The van der Waals surface area contributed by atoms with Crippen LogP contribution in [-0.4, -0.2) is 9.97 Å². The van der Waals surface area contributed by atoms with E-state index in [1.54, 1.807) is 11.3 Å². The first kappa shape index (κ1) is 12.3. The number of thiophene rings is 1. The van der Waals surface area contributed by atoms with Gasteiger partial charge in [-0.15, -0.1) is 11.3 Å². The fourth-order valence-corrected chi connectivity index (χ4v) is 2.97. The van der Waals surface area contributed by atoms with Gasteiger partial charge in [0.05, 0.1) is 10.3 Å². The Bertz CT molecular complexity index is 512. The molecule has 0 unspecified atom stereocenters. The third kappa shape index (κ3) is 2.95. The van der Waals surface area contributed by atoms with Gasteiger partial charge in [0.25, 0.3) is 0 Å². The van der Waals surface area contributed by atoms with E-state index in [-0.39, 0.29) is 0 Å². The summed E-state index contributed by atoms with van der Waals surface area (Å²) in [5.74, 6) is 1.38. The number of nitrogens with two attached hydrogens (primary N) is 1. The van der Waals surface area contributed by atoms with E-state index >= 15 is 0 Å². The Morgan fingerprint density at radius 3 is 2.88 bits per heavy atom. The van der Waals surface area contributed by atoms with Crippen molar-refractivity contribution in [1.29, 1.82) is 0 Å². The van der Waals surface area contributed by atoms with Crippen LogP contribution in [0.15, 0.2) is 22.2 Å². The second-order valence-electron chi connectivity index (χ2n) is 3.50. The average molecular weight is 313 g/mol. The van der Waals surface area contributed by atoms with Crippen LogP contribution in [0.4, 0.5) is 11.6 Å². The molecule has 0 atom stereocenters. The van der Waals surface area contributed by atoms with Gasteiger partial charge in [0, 0.05) is 10.4 Å². The molecule has 0 saturated carbocycles. The topological polar surface area (TPSA) is 63.8 Å². The van der Waals surface area contributed by atoms with Crippen LogP contribution in [0.2, 0.25) is 0 Å². The first-order valence-electron chi connectivity index (χ1n) is 5.28. The summed E-state index contributed by atoms with van der Waals surface area (Å²) in [4.78, 5) is 9.46. The van der Waals surface area contributed by atoms with E-state index in [1.807, 2.05) is 13.0 Å². The van der Waals surface area contributed by atoms with Gasteiger partial charge in [-0.05, 0) is 34.5 Å². The molecule has 2 heterocycles. The molecule has 0 saturated heterocycles. The number of nitrogen functional groups attached to an aromatic ring is 1. The molecule has 3 N–H and O–H groups in total. The highest BCUT2D eigenvalue weighted by atomic mass is 79.9. The molecule has 90 valence electrons. The molecule has 6 heteroatoms. The molecule has 2 aromatic rings. The Labute approximate surface area is 112 Å².